The van der Waals surface area contributed by atoms with Gasteiger partial charge in [-0.25, -0.2) is 9.37 Å². The third kappa shape index (κ3) is 4.53. The molecule has 0 bridgehead atoms. The first-order chi connectivity index (χ1) is 10.1. The number of aryl methyl sites for hydroxylation is 1. The van der Waals surface area contributed by atoms with Crippen LogP contribution in [0.4, 0.5) is 4.39 Å². The van der Waals surface area contributed by atoms with Gasteiger partial charge in [0.25, 0.3) is 0 Å². The molecule has 0 saturated heterocycles. The molecule has 0 atom stereocenters. The summed E-state index contributed by atoms with van der Waals surface area (Å²) in [6.07, 6.45) is 1.18. The second-order valence-electron chi connectivity index (χ2n) is 5.51. The van der Waals surface area contributed by atoms with Gasteiger partial charge in [-0.05, 0) is 37.1 Å². The van der Waals surface area contributed by atoms with Gasteiger partial charge in [-0.2, -0.15) is 0 Å². The average Bonchev–Trinajstić information content (AvgIpc) is 2.43. The van der Waals surface area contributed by atoms with E-state index < -0.39 is 0 Å². The van der Waals surface area contributed by atoms with Crippen LogP contribution in [0.3, 0.4) is 0 Å². The number of halogens is 1. The van der Waals surface area contributed by atoms with Gasteiger partial charge in [-0.3, -0.25) is 0 Å². The van der Waals surface area contributed by atoms with Crippen molar-refractivity contribution in [3.05, 3.63) is 53.5 Å². The van der Waals surface area contributed by atoms with Crippen LogP contribution in [-0.4, -0.2) is 11.5 Å². The lowest BCUT2D eigenvalue weighted by Gasteiger charge is -2.13. The highest BCUT2D eigenvalue weighted by atomic mass is 19.1. The van der Waals surface area contributed by atoms with E-state index in [1.165, 1.54) is 12.3 Å². The van der Waals surface area contributed by atoms with Gasteiger partial charge in [0.15, 0.2) is 0 Å². The number of benzene rings is 1. The van der Waals surface area contributed by atoms with Crippen LogP contribution in [0.15, 0.2) is 36.5 Å². The van der Waals surface area contributed by atoms with E-state index in [0.29, 0.717) is 18.3 Å². The zero-order valence-corrected chi connectivity index (χ0v) is 12.7. The molecule has 0 amide bonds. The molecule has 0 aliphatic carbocycles. The first kappa shape index (κ1) is 15.4. The number of pyridine rings is 1. The van der Waals surface area contributed by atoms with Crippen molar-refractivity contribution in [2.45, 2.75) is 27.3 Å². The average molecular weight is 288 g/mol. The molecule has 1 aromatic heterocycles. The standard InChI is InChI=1S/C17H21FN2O/c1-12(2)9-19-10-14-8-15(18)11-20-17(14)21-16-7-5-4-6-13(16)3/h4-8,11-12,19H,9-10H2,1-3H3. The quantitative estimate of drug-likeness (QED) is 0.870. The molecular weight excluding hydrogens is 267 g/mol. The van der Waals surface area contributed by atoms with Crippen LogP contribution in [0.25, 0.3) is 0 Å². The Balaban J connectivity index is 2.16. The highest BCUT2D eigenvalue weighted by molar-refractivity contribution is 5.37. The molecular formula is C17H21FN2O. The maximum Gasteiger partial charge on any atom is 0.223 e. The van der Waals surface area contributed by atoms with E-state index >= 15 is 0 Å². The highest BCUT2D eigenvalue weighted by Crippen LogP contribution is 2.26. The minimum Gasteiger partial charge on any atom is -0.438 e. The molecule has 0 unspecified atom stereocenters. The minimum atomic E-state index is -0.353. The first-order valence-electron chi connectivity index (χ1n) is 7.15. The van der Waals surface area contributed by atoms with Crippen molar-refractivity contribution in [1.29, 1.82) is 0 Å². The van der Waals surface area contributed by atoms with Crippen molar-refractivity contribution in [2.24, 2.45) is 5.92 Å². The predicted octanol–water partition coefficient (Wildman–Crippen LogP) is 4.07. The van der Waals surface area contributed by atoms with Crippen LogP contribution in [0.2, 0.25) is 0 Å². The van der Waals surface area contributed by atoms with E-state index in [0.717, 1.165) is 23.4 Å². The topological polar surface area (TPSA) is 34.1 Å². The number of aromatic nitrogens is 1. The second kappa shape index (κ2) is 7.18. The van der Waals surface area contributed by atoms with Gasteiger partial charge in [-0.1, -0.05) is 32.0 Å². The van der Waals surface area contributed by atoms with Crippen LogP contribution < -0.4 is 10.1 Å². The van der Waals surface area contributed by atoms with Crippen molar-refractivity contribution in [2.75, 3.05) is 6.54 Å². The van der Waals surface area contributed by atoms with Crippen molar-refractivity contribution < 1.29 is 9.13 Å². The maximum atomic E-state index is 13.4. The summed E-state index contributed by atoms with van der Waals surface area (Å²) >= 11 is 0. The van der Waals surface area contributed by atoms with E-state index in [2.05, 4.69) is 24.1 Å². The molecule has 3 nitrogen and oxygen atoms in total. The maximum absolute atomic E-state index is 13.4. The summed E-state index contributed by atoms with van der Waals surface area (Å²) in [4.78, 5) is 4.08. The van der Waals surface area contributed by atoms with Gasteiger partial charge in [0.2, 0.25) is 5.88 Å². The molecule has 1 heterocycles. The molecule has 2 rings (SSSR count). The molecule has 0 radical (unpaired) electrons. The van der Waals surface area contributed by atoms with E-state index in [1.807, 2.05) is 31.2 Å². The number of nitrogens with zero attached hydrogens (tertiary/aromatic N) is 1. The molecule has 0 aliphatic heterocycles. The largest absolute Gasteiger partial charge is 0.438 e. The Labute approximate surface area is 125 Å². The lowest BCUT2D eigenvalue weighted by Crippen LogP contribution is -2.19. The van der Waals surface area contributed by atoms with Crippen molar-refractivity contribution in [3.63, 3.8) is 0 Å². The number of para-hydroxylation sites is 1. The summed E-state index contributed by atoms with van der Waals surface area (Å²) in [7, 11) is 0. The lowest BCUT2D eigenvalue weighted by atomic mass is 10.2. The molecule has 21 heavy (non-hydrogen) atoms. The van der Waals surface area contributed by atoms with Gasteiger partial charge in [0, 0.05) is 12.1 Å². The third-order valence-electron chi connectivity index (χ3n) is 3.06. The van der Waals surface area contributed by atoms with Crippen molar-refractivity contribution in [1.82, 2.24) is 10.3 Å². The number of hydrogen-bond acceptors (Lipinski definition) is 3. The molecule has 1 N–H and O–H groups in total. The SMILES string of the molecule is Cc1ccccc1Oc1ncc(F)cc1CNCC(C)C. The number of ether oxygens (including phenoxy) is 1. The normalized spacial score (nSPS) is 10.9. The summed E-state index contributed by atoms with van der Waals surface area (Å²) < 4.78 is 19.2. The van der Waals surface area contributed by atoms with Crippen LogP contribution in [0, 0.1) is 18.7 Å². The van der Waals surface area contributed by atoms with Crippen LogP contribution in [0.1, 0.15) is 25.0 Å². The molecule has 4 heteroatoms. The lowest BCUT2D eigenvalue weighted by molar-refractivity contribution is 0.443. The Morgan fingerprint density at radius 2 is 2.05 bits per heavy atom. The van der Waals surface area contributed by atoms with E-state index in [1.54, 1.807) is 0 Å². The van der Waals surface area contributed by atoms with Gasteiger partial charge < -0.3 is 10.1 Å². The summed E-state index contributed by atoms with van der Waals surface area (Å²) in [5, 5.41) is 3.28. The smallest absolute Gasteiger partial charge is 0.223 e. The molecule has 0 saturated carbocycles. The molecule has 112 valence electrons. The van der Waals surface area contributed by atoms with Crippen LogP contribution in [0.5, 0.6) is 11.6 Å². The Kier molecular flexibility index (Phi) is 5.28. The Bertz CT molecular complexity index is 599. The monoisotopic (exact) mass is 288 g/mol. The molecule has 2 aromatic rings. The highest BCUT2D eigenvalue weighted by Gasteiger charge is 2.10. The van der Waals surface area contributed by atoms with Crippen LogP contribution in [-0.2, 0) is 6.54 Å². The zero-order valence-electron chi connectivity index (χ0n) is 12.7. The van der Waals surface area contributed by atoms with Gasteiger partial charge in [0.1, 0.15) is 11.6 Å². The Hall–Kier alpha value is -1.94. The predicted molar refractivity (Wildman–Crippen MR) is 82.0 cm³/mol. The summed E-state index contributed by atoms with van der Waals surface area (Å²) in [5.74, 6) is 1.37. The third-order valence-corrected chi connectivity index (χ3v) is 3.06. The molecule has 1 aromatic carbocycles. The fraction of sp³-hybridized carbons (Fsp3) is 0.353. The fourth-order valence-corrected chi connectivity index (χ4v) is 1.96. The fourth-order valence-electron chi connectivity index (χ4n) is 1.96. The number of rotatable bonds is 6. The Morgan fingerprint density at radius 3 is 2.76 bits per heavy atom. The summed E-state index contributed by atoms with van der Waals surface area (Å²) in [5.41, 5.74) is 1.74. The number of nitrogens with one attached hydrogen (secondary N) is 1. The van der Waals surface area contributed by atoms with Gasteiger partial charge in [-0.15, -0.1) is 0 Å². The van der Waals surface area contributed by atoms with Crippen molar-refractivity contribution in [3.8, 4) is 11.6 Å². The molecule has 0 spiro atoms. The zero-order chi connectivity index (χ0) is 15.2. The van der Waals surface area contributed by atoms with Gasteiger partial charge >= 0.3 is 0 Å². The van der Waals surface area contributed by atoms with Gasteiger partial charge in [0.05, 0.1) is 6.20 Å². The second-order valence-corrected chi connectivity index (χ2v) is 5.51. The van der Waals surface area contributed by atoms with Crippen LogP contribution >= 0.6 is 0 Å². The minimum absolute atomic E-state index is 0.353. The van der Waals surface area contributed by atoms with E-state index in [4.69, 9.17) is 4.74 Å². The molecule has 0 fully saturated rings. The summed E-state index contributed by atoms with van der Waals surface area (Å²) in [6.45, 7) is 7.61. The van der Waals surface area contributed by atoms with Crippen molar-refractivity contribution >= 4 is 0 Å². The summed E-state index contributed by atoms with van der Waals surface area (Å²) in [6, 6.07) is 9.17. The Morgan fingerprint density at radius 1 is 1.29 bits per heavy atom. The first-order valence-corrected chi connectivity index (χ1v) is 7.15. The molecule has 0 aliphatic rings. The number of hydrogen-bond donors (Lipinski definition) is 1. The van der Waals surface area contributed by atoms with E-state index in [9.17, 15) is 4.39 Å². The van der Waals surface area contributed by atoms with E-state index in [-0.39, 0.29) is 5.82 Å².